The van der Waals surface area contributed by atoms with Crippen molar-refractivity contribution in [1.82, 2.24) is 9.80 Å². The zero-order valence-electron chi connectivity index (χ0n) is 30.3. The predicted molar refractivity (Wildman–Crippen MR) is 189 cm³/mol. The van der Waals surface area contributed by atoms with E-state index >= 15 is 9.59 Å². The van der Waals surface area contributed by atoms with Crippen LogP contribution in [-0.4, -0.2) is 43.8 Å². The highest BCUT2D eigenvalue weighted by molar-refractivity contribution is 5.82. The van der Waals surface area contributed by atoms with Crippen LogP contribution in [0.1, 0.15) is 180 Å². The second-order valence-corrected chi connectivity index (χ2v) is 21.7. The topological polar surface area (TPSA) is 40.6 Å². The van der Waals surface area contributed by atoms with Crippen molar-refractivity contribution in [3.63, 3.8) is 0 Å². The van der Waals surface area contributed by atoms with Gasteiger partial charge in [0.25, 0.3) is 0 Å². The molecule has 0 aromatic rings. The number of rotatable bonds is 6. The summed E-state index contributed by atoms with van der Waals surface area (Å²) in [6.45, 7) is 0. The quantitative estimate of drug-likeness (QED) is 0.286. The Labute approximate surface area is 291 Å². The molecule has 264 valence electrons. The Hall–Kier alpha value is -1.06. The van der Waals surface area contributed by atoms with Crippen molar-refractivity contribution in [2.45, 2.75) is 202 Å². The van der Waals surface area contributed by atoms with Gasteiger partial charge in [-0.05, 0) is 189 Å². The molecule has 14 aliphatic carbocycles. The van der Waals surface area contributed by atoms with Crippen LogP contribution in [-0.2, 0) is 9.59 Å². The number of carbonyl (C=O) groups is 2. The molecule has 14 rings (SSSR count). The highest BCUT2D eigenvalue weighted by Gasteiger charge is 2.70. The molecule has 48 heavy (non-hydrogen) atoms. The molecular weight excluding hydrogens is 588 g/mol. The Morgan fingerprint density at radius 2 is 0.625 bits per heavy atom. The van der Waals surface area contributed by atoms with Gasteiger partial charge in [-0.25, -0.2) is 0 Å². The molecule has 0 aromatic carbocycles. The van der Waals surface area contributed by atoms with E-state index in [1.807, 2.05) is 0 Å². The van der Waals surface area contributed by atoms with Crippen LogP contribution < -0.4 is 0 Å². The number of amides is 2. The molecule has 0 atom stereocenters. The number of hydrogen-bond acceptors (Lipinski definition) is 2. The molecule has 0 spiro atoms. The van der Waals surface area contributed by atoms with Crippen LogP contribution in [0.3, 0.4) is 0 Å². The number of hydrogen-bond donors (Lipinski definition) is 0. The van der Waals surface area contributed by atoms with Crippen LogP contribution in [0, 0.1) is 59.2 Å². The molecule has 2 amide bonds. The Morgan fingerprint density at radius 3 is 0.938 bits per heavy atom. The third-order valence-electron chi connectivity index (χ3n) is 18.3. The first-order valence-corrected chi connectivity index (χ1v) is 22.0. The van der Waals surface area contributed by atoms with E-state index in [4.69, 9.17) is 0 Å². The summed E-state index contributed by atoms with van der Waals surface area (Å²) in [7, 11) is 0. The summed E-state index contributed by atoms with van der Waals surface area (Å²) in [5, 5.41) is 0. The summed E-state index contributed by atoms with van der Waals surface area (Å²) in [5.74, 6) is 8.33. The Balaban J connectivity index is 1.03. The lowest BCUT2D eigenvalue weighted by Crippen LogP contribution is -2.79. The van der Waals surface area contributed by atoms with Gasteiger partial charge in [-0.3, -0.25) is 9.59 Å². The zero-order valence-corrected chi connectivity index (χ0v) is 30.3. The monoisotopic (exact) mass is 655 g/mol. The van der Waals surface area contributed by atoms with Crippen LogP contribution in [0.25, 0.3) is 0 Å². The fourth-order valence-electron chi connectivity index (χ4n) is 18.4. The van der Waals surface area contributed by atoms with E-state index in [0.717, 1.165) is 67.6 Å². The van der Waals surface area contributed by atoms with Gasteiger partial charge in [0, 0.05) is 34.0 Å². The maximum atomic E-state index is 15.6. The minimum Gasteiger partial charge on any atom is -0.331 e. The van der Waals surface area contributed by atoms with Gasteiger partial charge in [0.05, 0.1) is 0 Å². The lowest BCUT2D eigenvalue weighted by Gasteiger charge is -2.74. The van der Waals surface area contributed by atoms with Crippen molar-refractivity contribution in [2.75, 3.05) is 0 Å². The van der Waals surface area contributed by atoms with E-state index in [-0.39, 0.29) is 34.0 Å². The maximum Gasteiger partial charge on any atom is 0.226 e. The first kappa shape index (κ1) is 30.6. The predicted octanol–water partition coefficient (Wildman–Crippen LogP) is 9.83. The maximum absolute atomic E-state index is 15.6. The molecule has 0 aromatic heterocycles. The molecule has 0 aliphatic heterocycles. The molecule has 0 N–H and O–H groups in total. The highest BCUT2D eigenvalue weighted by atomic mass is 16.2. The third-order valence-corrected chi connectivity index (χ3v) is 18.3. The van der Waals surface area contributed by atoms with E-state index in [1.54, 1.807) is 0 Å². The lowest BCUT2D eigenvalue weighted by molar-refractivity contribution is -0.228. The molecule has 14 saturated carbocycles. The molecule has 14 fully saturated rings. The molecule has 0 heterocycles. The van der Waals surface area contributed by atoms with Crippen LogP contribution in [0.5, 0.6) is 0 Å². The average molecular weight is 655 g/mol. The van der Waals surface area contributed by atoms with Crippen molar-refractivity contribution >= 4 is 11.8 Å². The molecule has 0 unspecified atom stereocenters. The fraction of sp³-hybridized carbons (Fsp3) is 0.955. The minimum atomic E-state index is -0.00231. The SMILES string of the molecule is O=C(C1CCCCC1)N(C12CC3CC(CC(C3)C1)C2)C12CC3CC(C1)CC(N(C(=O)C1CCCCC1)C14CC5CC(CC(C5)C1)C4)(C3)C2. The van der Waals surface area contributed by atoms with E-state index in [9.17, 15) is 0 Å². The summed E-state index contributed by atoms with van der Waals surface area (Å²) in [5.41, 5.74) is 0.236. The largest absolute Gasteiger partial charge is 0.331 e. The molecule has 4 heteroatoms. The summed E-state index contributed by atoms with van der Waals surface area (Å²) in [6.07, 6.45) is 36.3. The van der Waals surface area contributed by atoms with Gasteiger partial charge in [0.2, 0.25) is 11.8 Å². The second kappa shape index (κ2) is 10.7. The molecule has 0 radical (unpaired) electrons. The molecule has 12 bridgehead atoms. The van der Waals surface area contributed by atoms with Crippen LogP contribution in [0.4, 0.5) is 0 Å². The Morgan fingerprint density at radius 1 is 0.354 bits per heavy atom. The van der Waals surface area contributed by atoms with E-state index in [1.165, 1.54) is 148 Å². The first-order valence-electron chi connectivity index (χ1n) is 22.0. The molecule has 0 saturated heterocycles. The van der Waals surface area contributed by atoms with Crippen molar-refractivity contribution < 1.29 is 9.59 Å². The van der Waals surface area contributed by atoms with Gasteiger partial charge < -0.3 is 9.80 Å². The van der Waals surface area contributed by atoms with E-state index in [2.05, 4.69) is 9.80 Å². The van der Waals surface area contributed by atoms with Gasteiger partial charge in [0.1, 0.15) is 0 Å². The first-order chi connectivity index (χ1) is 23.3. The van der Waals surface area contributed by atoms with Gasteiger partial charge in [0.15, 0.2) is 0 Å². The van der Waals surface area contributed by atoms with Crippen molar-refractivity contribution in [2.24, 2.45) is 59.2 Å². The zero-order chi connectivity index (χ0) is 31.9. The molecule has 4 nitrogen and oxygen atoms in total. The third kappa shape index (κ3) is 4.49. The van der Waals surface area contributed by atoms with Crippen LogP contribution in [0.2, 0.25) is 0 Å². The van der Waals surface area contributed by atoms with Crippen molar-refractivity contribution in [1.29, 1.82) is 0 Å². The van der Waals surface area contributed by atoms with Gasteiger partial charge in [-0.2, -0.15) is 0 Å². The van der Waals surface area contributed by atoms with Crippen molar-refractivity contribution in [3.8, 4) is 0 Å². The summed E-state index contributed by atoms with van der Waals surface area (Å²) >= 11 is 0. The Bertz CT molecular complexity index is 1140. The Kier molecular flexibility index (Phi) is 6.84. The van der Waals surface area contributed by atoms with Crippen molar-refractivity contribution in [3.05, 3.63) is 0 Å². The summed E-state index contributed by atoms with van der Waals surface area (Å²) in [6, 6.07) is 0. The minimum absolute atomic E-state index is 0.00231. The fourth-order valence-corrected chi connectivity index (χ4v) is 18.4. The number of nitrogens with zero attached hydrogens (tertiary/aromatic N) is 2. The highest BCUT2D eigenvalue weighted by Crippen LogP contribution is 2.69. The van der Waals surface area contributed by atoms with Gasteiger partial charge in [-0.15, -0.1) is 0 Å². The smallest absolute Gasteiger partial charge is 0.226 e. The van der Waals surface area contributed by atoms with Crippen LogP contribution >= 0.6 is 0 Å². The average Bonchev–Trinajstić information content (AvgIpc) is 3.03. The molecular formula is C44H66N2O2. The van der Waals surface area contributed by atoms with Gasteiger partial charge >= 0.3 is 0 Å². The molecule has 14 aliphatic rings. The standard InChI is InChI=1S/C44H66N2O2/c47-39(37-7-3-1-4-8-37)45(41-18-29-11-30(19-41)13-31(12-29)20-41)43-24-35-17-36(25-43)27-44(26-35,28-43)46(40(48)38-9-5-2-6-10-38)42-21-32-14-33(22-42)16-34(15-32)23-42/h29-38H,1-28H2. The van der Waals surface area contributed by atoms with Gasteiger partial charge in [-0.1, -0.05) is 38.5 Å². The second-order valence-electron chi connectivity index (χ2n) is 21.7. The number of carbonyl (C=O) groups excluding carboxylic acids is 2. The van der Waals surface area contributed by atoms with E-state index in [0.29, 0.717) is 23.7 Å². The van der Waals surface area contributed by atoms with Crippen LogP contribution in [0.15, 0.2) is 0 Å². The van der Waals surface area contributed by atoms with E-state index < -0.39 is 0 Å². The lowest BCUT2D eigenvalue weighted by atomic mass is 9.45. The normalized spacial score (nSPS) is 51.8. The summed E-state index contributed by atoms with van der Waals surface area (Å²) < 4.78 is 0. The summed E-state index contributed by atoms with van der Waals surface area (Å²) in [4.78, 5) is 36.8.